The minimum atomic E-state index is -4.23. The van der Waals surface area contributed by atoms with Gasteiger partial charge in [-0.25, -0.2) is 9.71 Å². The molecule has 5 rings (SSSR count). The summed E-state index contributed by atoms with van der Waals surface area (Å²) in [7, 11) is -1.12. The predicted octanol–water partition coefficient (Wildman–Crippen LogP) is 2.94. The van der Waals surface area contributed by atoms with E-state index in [-0.39, 0.29) is 17.5 Å². The number of nitrogens with one attached hydrogen (secondary N) is 1. The maximum atomic E-state index is 13.3. The Morgan fingerprint density at radius 2 is 1.97 bits per heavy atom. The molecule has 0 unspecified atom stereocenters. The Morgan fingerprint density at radius 3 is 2.63 bits per heavy atom. The standard InChI is InChI=1S/C27H32N4O6S/c1-17(2)31-23(27(36-4)15-37-16-27)14-26(29-31)38(33,34)30-24(32)13-22-20-7-5-6-18(20)8-9-21(22)19-10-11-28-25(12-19)35-3/h8-12,14,17H,5-7,13,15-16H2,1-4H3,(H,30,32). The van der Waals surface area contributed by atoms with E-state index in [4.69, 9.17) is 14.2 Å². The van der Waals surface area contributed by atoms with Gasteiger partial charge in [0.1, 0.15) is 0 Å². The summed E-state index contributed by atoms with van der Waals surface area (Å²) >= 11 is 0. The van der Waals surface area contributed by atoms with Crippen LogP contribution in [0.3, 0.4) is 0 Å². The lowest BCUT2D eigenvalue weighted by molar-refractivity contribution is -0.206. The Kier molecular flexibility index (Phi) is 7.01. The minimum absolute atomic E-state index is 0.0873. The second-order valence-corrected chi connectivity index (χ2v) is 11.6. The minimum Gasteiger partial charge on any atom is -0.481 e. The molecule has 0 spiro atoms. The van der Waals surface area contributed by atoms with Crippen LogP contribution in [0.15, 0.2) is 41.6 Å². The van der Waals surface area contributed by atoms with Gasteiger partial charge in [-0.1, -0.05) is 12.1 Å². The van der Waals surface area contributed by atoms with Crippen molar-refractivity contribution >= 4 is 15.9 Å². The molecule has 0 saturated carbocycles. The first kappa shape index (κ1) is 26.3. The molecule has 0 radical (unpaired) electrons. The number of carbonyl (C=O) groups excluding carboxylic acids is 1. The lowest BCUT2D eigenvalue weighted by Crippen LogP contribution is -2.49. The highest BCUT2D eigenvalue weighted by atomic mass is 32.2. The molecule has 1 fully saturated rings. The molecule has 3 aromatic rings. The van der Waals surface area contributed by atoms with Gasteiger partial charge in [-0.05, 0) is 67.0 Å². The van der Waals surface area contributed by atoms with Crippen LogP contribution in [0.1, 0.15) is 48.7 Å². The fourth-order valence-electron chi connectivity index (χ4n) is 5.20. The average Bonchev–Trinajstić information content (AvgIpc) is 3.52. The maximum Gasteiger partial charge on any atom is 0.283 e. The van der Waals surface area contributed by atoms with Gasteiger partial charge in [0.25, 0.3) is 10.0 Å². The van der Waals surface area contributed by atoms with E-state index in [1.54, 1.807) is 25.1 Å². The highest BCUT2D eigenvalue weighted by Crippen LogP contribution is 2.36. The third-order valence-corrected chi connectivity index (χ3v) is 8.49. The van der Waals surface area contributed by atoms with E-state index in [0.29, 0.717) is 24.8 Å². The molecule has 10 nitrogen and oxygen atoms in total. The number of aromatic nitrogens is 3. The number of nitrogens with zero attached hydrogens (tertiary/aromatic N) is 3. The highest BCUT2D eigenvalue weighted by Gasteiger charge is 2.45. The van der Waals surface area contributed by atoms with Crippen LogP contribution in [-0.4, -0.2) is 56.5 Å². The molecular weight excluding hydrogens is 508 g/mol. The number of methoxy groups -OCH3 is 2. The second-order valence-electron chi connectivity index (χ2n) is 9.97. The molecule has 11 heteroatoms. The number of amides is 1. The molecule has 1 aromatic carbocycles. The zero-order valence-corrected chi connectivity index (χ0v) is 22.8. The van der Waals surface area contributed by atoms with Crippen LogP contribution in [0.4, 0.5) is 0 Å². The molecule has 1 amide bonds. The van der Waals surface area contributed by atoms with Crippen molar-refractivity contribution in [1.29, 1.82) is 0 Å². The number of fused-ring (bicyclic) bond motifs is 1. The van der Waals surface area contributed by atoms with Crippen LogP contribution in [0, 0.1) is 0 Å². The van der Waals surface area contributed by atoms with Gasteiger partial charge >= 0.3 is 0 Å². The third-order valence-electron chi connectivity index (χ3n) is 7.25. The maximum absolute atomic E-state index is 13.3. The number of sulfonamides is 1. The van der Waals surface area contributed by atoms with Gasteiger partial charge in [0, 0.05) is 31.5 Å². The van der Waals surface area contributed by atoms with E-state index in [9.17, 15) is 13.2 Å². The Bertz CT molecular complexity index is 1470. The van der Waals surface area contributed by atoms with E-state index in [1.165, 1.54) is 11.6 Å². The largest absolute Gasteiger partial charge is 0.481 e. The first-order chi connectivity index (χ1) is 18.2. The van der Waals surface area contributed by atoms with Crippen LogP contribution in [0.5, 0.6) is 5.88 Å². The molecule has 2 aliphatic rings. The highest BCUT2D eigenvalue weighted by molar-refractivity contribution is 7.90. The van der Waals surface area contributed by atoms with Crippen LogP contribution in [0.2, 0.25) is 0 Å². The van der Waals surface area contributed by atoms with Gasteiger partial charge in [0.15, 0.2) is 10.6 Å². The van der Waals surface area contributed by atoms with Gasteiger partial charge in [0.2, 0.25) is 11.8 Å². The van der Waals surface area contributed by atoms with Crippen molar-refractivity contribution in [3.8, 4) is 17.0 Å². The fourth-order valence-corrected chi connectivity index (χ4v) is 6.14. The molecule has 202 valence electrons. The Balaban J connectivity index is 1.45. The number of rotatable bonds is 9. The average molecular weight is 541 g/mol. The number of pyridine rings is 1. The van der Waals surface area contributed by atoms with Gasteiger partial charge in [0.05, 0.1) is 32.4 Å². The van der Waals surface area contributed by atoms with Crippen molar-refractivity contribution in [2.75, 3.05) is 27.4 Å². The van der Waals surface area contributed by atoms with Crippen molar-refractivity contribution in [1.82, 2.24) is 19.5 Å². The molecule has 3 heterocycles. The third kappa shape index (κ3) is 4.70. The van der Waals surface area contributed by atoms with E-state index in [0.717, 1.165) is 41.5 Å². The quantitative estimate of drug-likeness (QED) is 0.440. The molecule has 1 saturated heterocycles. The normalized spacial score (nSPS) is 16.2. The first-order valence-corrected chi connectivity index (χ1v) is 14.1. The smallest absolute Gasteiger partial charge is 0.283 e. The monoisotopic (exact) mass is 540 g/mol. The summed E-state index contributed by atoms with van der Waals surface area (Å²) < 4.78 is 46.8. The van der Waals surface area contributed by atoms with E-state index in [2.05, 4.69) is 20.9 Å². The van der Waals surface area contributed by atoms with Crippen LogP contribution in [0.25, 0.3) is 11.1 Å². The van der Waals surface area contributed by atoms with E-state index < -0.39 is 21.5 Å². The SMILES string of the molecule is COc1cc(-c2ccc3c(c2CC(=O)NS(=O)(=O)c2cc(C4(OC)COC4)n(C(C)C)n2)CCC3)ccn1. The van der Waals surface area contributed by atoms with Crippen molar-refractivity contribution in [2.45, 2.75) is 56.2 Å². The van der Waals surface area contributed by atoms with Crippen molar-refractivity contribution < 1.29 is 27.4 Å². The molecule has 2 aromatic heterocycles. The predicted molar refractivity (Wildman–Crippen MR) is 139 cm³/mol. The summed E-state index contributed by atoms with van der Waals surface area (Å²) in [4.78, 5) is 17.4. The summed E-state index contributed by atoms with van der Waals surface area (Å²) in [5, 5.41) is 4.11. The Hall–Kier alpha value is -3.28. The van der Waals surface area contributed by atoms with E-state index >= 15 is 0 Å². The molecule has 1 N–H and O–H groups in total. The molecule has 38 heavy (non-hydrogen) atoms. The topological polar surface area (TPSA) is 122 Å². The lowest BCUT2D eigenvalue weighted by atomic mass is 9.91. The summed E-state index contributed by atoms with van der Waals surface area (Å²) in [6, 6.07) is 9.08. The van der Waals surface area contributed by atoms with Gasteiger partial charge in [-0.2, -0.15) is 13.5 Å². The summed E-state index contributed by atoms with van der Waals surface area (Å²) in [6.45, 7) is 4.41. The second kappa shape index (κ2) is 10.1. The van der Waals surface area contributed by atoms with Gasteiger partial charge in [-0.15, -0.1) is 0 Å². The Labute approximate surface area is 222 Å². The summed E-state index contributed by atoms with van der Waals surface area (Å²) in [6.07, 6.45) is 4.33. The van der Waals surface area contributed by atoms with E-state index in [1.807, 2.05) is 32.0 Å². The Morgan fingerprint density at radius 1 is 1.18 bits per heavy atom. The van der Waals surface area contributed by atoms with Crippen LogP contribution in [-0.2, 0) is 49.2 Å². The molecule has 0 atom stereocenters. The van der Waals surface area contributed by atoms with Gasteiger partial charge in [-0.3, -0.25) is 9.48 Å². The molecule has 1 aliphatic carbocycles. The fraction of sp³-hybridized carbons (Fsp3) is 0.444. The first-order valence-electron chi connectivity index (χ1n) is 12.6. The number of benzene rings is 1. The molecular formula is C27H32N4O6S. The number of aryl methyl sites for hydroxylation is 1. The van der Waals surface area contributed by atoms with Crippen LogP contribution >= 0.6 is 0 Å². The summed E-state index contributed by atoms with van der Waals surface area (Å²) in [5.74, 6) is -0.162. The number of hydrogen-bond donors (Lipinski definition) is 1. The number of carbonyl (C=O) groups is 1. The zero-order chi connectivity index (χ0) is 27.1. The number of hydrogen-bond acceptors (Lipinski definition) is 8. The van der Waals surface area contributed by atoms with Crippen molar-refractivity contribution in [3.05, 3.63) is 58.9 Å². The molecule has 1 aliphatic heterocycles. The van der Waals surface area contributed by atoms with Crippen molar-refractivity contribution in [2.24, 2.45) is 0 Å². The van der Waals surface area contributed by atoms with Gasteiger partial charge < -0.3 is 14.2 Å². The number of ether oxygens (including phenoxy) is 3. The molecule has 0 bridgehead atoms. The van der Waals surface area contributed by atoms with Crippen molar-refractivity contribution in [3.63, 3.8) is 0 Å². The zero-order valence-electron chi connectivity index (χ0n) is 22.0. The van der Waals surface area contributed by atoms with Crippen LogP contribution < -0.4 is 9.46 Å². The summed E-state index contributed by atoms with van der Waals surface area (Å²) in [5.41, 5.74) is 4.66. The lowest BCUT2D eigenvalue weighted by Gasteiger charge is -2.40.